The number of amides is 1. The van der Waals surface area contributed by atoms with Crippen molar-refractivity contribution in [2.75, 3.05) is 18.5 Å². The second-order valence-electron chi connectivity index (χ2n) is 6.75. The van der Waals surface area contributed by atoms with Crippen molar-refractivity contribution in [1.29, 1.82) is 0 Å². The Hall–Kier alpha value is -4.13. The molecule has 0 saturated heterocycles. The third-order valence-corrected chi connectivity index (χ3v) is 4.56. The SMILES string of the molecule is CCOc1ccc(NC(=O)COc2ccc(-c3nc4ccccc4c(=O)[nH]3)cc2)cc1. The van der Waals surface area contributed by atoms with E-state index in [9.17, 15) is 9.59 Å². The summed E-state index contributed by atoms with van der Waals surface area (Å²) in [5.74, 6) is 1.49. The molecule has 3 aromatic carbocycles. The predicted octanol–water partition coefficient (Wildman–Crippen LogP) is 4.01. The van der Waals surface area contributed by atoms with Gasteiger partial charge in [-0.2, -0.15) is 0 Å². The van der Waals surface area contributed by atoms with E-state index in [1.807, 2.05) is 13.0 Å². The molecule has 0 unspecified atom stereocenters. The summed E-state index contributed by atoms with van der Waals surface area (Å²) in [6, 6.07) is 21.3. The molecule has 0 saturated carbocycles. The number of aromatic amines is 1. The fourth-order valence-corrected chi connectivity index (χ4v) is 3.08. The van der Waals surface area contributed by atoms with Gasteiger partial charge in [-0.1, -0.05) is 12.1 Å². The molecule has 31 heavy (non-hydrogen) atoms. The molecule has 7 nitrogen and oxygen atoms in total. The molecule has 1 aromatic heterocycles. The number of hydrogen-bond acceptors (Lipinski definition) is 5. The van der Waals surface area contributed by atoms with Crippen LogP contribution in [0.2, 0.25) is 0 Å². The lowest BCUT2D eigenvalue weighted by molar-refractivity contribution is -0.118. The first-order chi connectivity index (χ1) is 15.1. The van der Waals surface area contributed by atoms with Crippen molar-refractivity contribution in [3.05, 3.63) is 83.2 Å². The van der Waals surface area contributed by atoms with Crippen LogP contribution in [0.3, 0.4) is 0 Å². The van der Waals surface area contributed by atoms with E-state index in [4.69, 9.17) is 9.47 Å². The summed E-state index contributed by atoms with van der Waals surface area (Å²) >= 11 is 0. The van der Waals surface area contributed by atoms with E-state index in [0.29, 0.717) is 34.8 Å². The second-order valence-corrected chi connectivity index (χ2v) is 6.75. The molecule has 0 spiro atoms. The Bertz CT molecular complexity index is 1250. The van der Waals surface area contributed by atoms with Crippen LogP contribution in [0.1, 0.15) is 6.92 Å². The van der Waals surface area contributed by atoms with Crippen molar-refractivity contribution in [2.24, 2.45) is 0 Å². The van der Waals surface area contributed by atoms with Gasteiger partial charge in [0.25, 0.3) is 11.5 Å². The Labute approximate surface area is 178 Å². The van der Waals surface area contributed by atoms with E-state index in [1.165, 1.54) is 0 Å². The van der Waals surface area contributed by atoms with Gasteiger partial charge in [0.05, 0.1) is 17.5 Å². The lowest BCUT2D eigenvalue weighted by Crippen LogP contribution is -2.20. The largest absolute Gasteiger partial charge is 0.494 e. The first-order valence-electron chi connectivity index (χ1n) is 9.87. The molecule has 4 rings (SSSR count). The van der Waals surface area contributed by atoms with Crippen LogP contribution in [0.5, 0.6) is 11.5 Å². The van der Waals surface area contributed by atoms with Crippen molar-refractivity contribution in [3.8, 4) is 22.9 Å². The summed E-state index contributed by atoms with van der Waals surface area (Å²) in [6.07, 6.45) is 0. The molecule has 156 valence electrons. The molecule has 0 radical (unpaired) electrons. The first-order valence-corrected chi connectivity index (χ1v) is 9.87. The molecule has 0 atom stereocenters. The van der Waals surface area contributed by atoms with Crippen molar-refractivity contribution >= 4 is 22.5 Å². The summed E-state index contributed by atoms with van der Waals surface area (Å²) in [7, 11) is 0. The molecule has 1 heterocycles. The average molecular weight is 415 g/mol. The number of fused-ring (bicyclic) bond motifs is 1. The smallest absolute Gasteiger partial charge is 0.262 e. The highest BCUT2D eigenvalue weighted by atomic mass is 16.5. The van der Waals surface area contributed by atoms with Gasteiger partial charge in [-0.05, 0) is 67.6 Å². The monoisotopic (exact) mass is 415 g/mol. The number of ether oxygens (including phenoxy) is 2. The number of rotatable bonds is 7. The van der Waals surface area contributed by atoms with Gasteiger partial charge in [-0.25, -0.2) is 4.98 Å². The topological polar surface area (TPSA) is 93.3 Å². The molecule has 0 aliphatic heterocycles. The first kappa shape index (κ1) is 20.2. The number of aromatic nitrogens is 2. The molecule has 0 aliphatic carbocycles. The molecule has 4 aromatic rings. The number of para-hydroxylation sites is 1. The number of hydrogen-bond donors (Lipinski definition) is 2. The molecule has 7 heteroatoms. The van der Waals surface area contributed by atoms with E-state index in [-0.39, 0.29) is 18.1 Å². The fourth-order valence-electron chi connectivity index (χ4n) is 3.08. The Morgan fingerprint density at radius 2 is 1.61 bits per heavy atom. The highest BCUT2D eigenvalue weighted by molar-refractivity contribution is 5.91. The zero-order chi connectivity index (χ0) is 21.6. The lowest BCUT2D eigenvalue weighted by atomic mass is 10.2. The number of anilines is 1. The van der Waals surface area contributed by atoms with Crippen LogP contribution in [0, 0.1) is 0 Å². The van der Waals surface area contributed by atoms with Crippen molar-refractivity contribution in [1.82, 2.24) is 9.97 Å². The number of carbonyl (C=O) groups excluding carboxylic acids is 1. The minimum absolute atomic E-state index is 0.127. The minimum Gasteiger partial charge on any atom is -0.494 e. The average Bonchev–Trinajstić information content (AvgIpc) is 2.79. The van der Waals surface area contributed by atoms with Gasteiger partial charge >= 0.3 is 0 Å². The van der Waals surface area contributed by atoms with Gasteiger partial charge in [-0.3, -0.25) is 9.59 Å². The highest BCUT2D eigenvalue weighted by Gasteiger charge is 2.07. The van der Waals surface area contributed by atoms with E-state index >= 15 is 0 Å². The van der Waals surface area contributed by atoms with Crippen LogP contribution < -0.4 is 20.3 Å². The standard InChI is InChI=1S/C24H21N3O4/c1-2-30-18-13-9-17(10-14-18)25-22(28)15-31-19-11-7-16(8-12-19)23-26-21-6-4-3-5-20(21)24(29)27-23/h3-14H,2,15H2,1H3,(H,25,28)(H,26,27,29). The number of H-pyrrole nitrogens is 1. The Balaban J connectivity index is 1.37. The molecular formula is C24H21N3O4. The number of nitrogens with zero attached hydrogens (tertiary/aromatic N) is 1. The normalized spacial score (nSPS) is 10.6. The maximum Gasteiger partial charge on any atom is 0.262 e. The fraction of sp³-hybridized carbons (Fsp3) is 0.125. The van der Waals surface area contributed by atoms with Crippen molar-refractivity contribution in [2.45, 2.75) is 6.92 Å². The number of carbonyl (C=O) groups is 1. The van der Waals surface area contributed by atoms with Gasteiger partial charge < -0.3 is 19.8 Å². The predicted molar refractivity (Wildman–Crippen MR) is 120 cm³/mol. The molecule has 2 N–H and O–H groups in total. The van der Waals surface area contributed by atoms with E-state index < -0.39 is 0 Å². The van der Waals surface area contributed by atoms with Crippen molar-refractivity contribution < 1.29 is 14.3 Å². The van der Waals surface area contributed by atoms with Crippen LogP contribution in [0.25, 0.3) is 22.3 Å². The van der Waals surface area contributed by atoms with Gasteiger partial charge in [-0.15, -0.1) is 0 Å². The number of benzene rings is 3. The van der Waals surface area contributed by atoms with Gasteiger partial charge in [0.2, 0.25) is 0 Å². The molecule has 0 fully saturated rings. The maximum absolute atomic E-state index is 12.2. The van der Waals surface area contributed by atoms with Crippen molar-refractivity contribution in [3.63, 3.8) is 0 Å². The zero-order valence-corrected chi connectivity index (χ0v) is 16.9. The van der Waals surface area contributed by atoms with E-state index in [1.54, 1.807) is 66.7 Å². The van der Waals surface area contributed by atoms with Crippen LogP contribution in [-0.4, -0.2) is 29.1 Å². The third-order valence-electron chi connectivity index (χ3n) is 4.56. The Kier molecular flexibility index (Phi) is 5.93. The van der Waals surface area contributed by atoms with E-state index in [2.05, 4.69) is 15.3 Å². The summed E-state index contributed by atoms with van der Waals surface area (Å²) < 4.78 is 10.9. The molecule has 0 bridgehead atoms. The van der Waals surface area contributed by atoms with Gasteiger partial charge in [0.15, 0.2) is 6.61 Å². The Morgan fingerprint density at radius 3 is 2.35 bits per heavy atom. The van der Waals surface area contributed by atoms with Gasteiger partial charge in [0.1, 0.15) is 17.3 Å². The summed E-state index contributed by atoms with van der Waals surface area (Å²) in [5.41, 5.74) is 1.85. The minimum atomic E-state index is -0.270. The third kappa shape index (κ3) is 4.90. The molecule has 1 amide bonds. The Morgan fingerprint density at radius 1 is 0.935 bits per heavy atom. The second kappa shape index (κ2) is 9.13. The van der Waals surface area contributed by atoms with Gasteiger partial charge in [0, 0.05) is 11.3 Å². The van der Waals surface area contributed by atoms with Crippen LogP contribution in [0.4, 0.5) is 5.69 Å². The highest BCUT2D eigenvalue weighted by Crippen LogP contribution is 2.20. The molecule has 0 aliphatic rings. The summed E-state index contributed by atoms with van der Waals surface area (Å²) in [6.45, 7) is 2.38. The molecular weight excluding hydrogens is 394 g/mol. The van der Waals surface area contributed by atoms with E-state index in [0.717, 1.165) is 11.3 Å². The summed E-state index contributed by atoms with van der Waals surface area (Å²) in [5, 5.41) is 3.32. The van der Waals surface area contributed by atoms with Crippen LogP contribution in [0.15, 0.2) is 77.6 Å². The van der Waals surface area contributed by atoms with Crippen LogP contribution >= 0.6 is 0 Å². The lowest BCUT2D eigenvalue weighted by Gasteiger charge is -2.09. The zero-order valence-electron chi connectivity index (χ0n) is 16.9. The summed E-state index contributed by atoms with van der Waals surface area (Å²) in [4.78, 5) is 31.7. The van der Waals surface area contributed by atoms with Crippen LogP contribution in [-0.2, 0) is 4.79 Å². The number of nitrogens with one attached hydrogen (secondary N) is 2. The quantitative estimate of drug-likeness (QED) is 0.476. The maximum atomic E-state index is 12.2.